The molecule has 1 saturated carbocycles. The van der Waals surface area contributed by atoms with Crippen molar-refractivity contribution in [2.75, 3.05) is 0 Å². The van der Waals surface area contributed by atoms with Gasteiger partial charge in [-0.05, 0) is 46.4 Å². The normalized spacial score (nSPS) is 21.7. The molecule has 3 rings (SSSR count). The number of alkyl halides is 1. The van der Waals surface area contributed by atoms with Gasteiger partial charge in [0, 0.05) is 12.1 Å². The van der Waals surface area contributed by atoms with Crippen molar-refractivity contribution < 1.29 is 4.39 Å². The van der Waals surface area contributed by atoms with E-state index in [1.54, 1.807) is 12.1 Å². The molecule has 1 heterocycles. The number of benzene rings is 1. The van der Waals surface area contributed by atoms with Crippen LogP contribution < -0.4 is 0 Å². The molecule has 2 nitrogen and oxygen atoms in total. The van der Waals surface area contributed by atoms with Gasteiger partial charge in [-0.15, -0.1) is 11.6 Å². The summed E-state index contributed by atoms with van der Waals surface area (Å²) in [5.74, 6) is 0.631. The molecule has 0 N–H and O–H groups in total. The zero-order valence-corrected chi connectivity index (χ0v) is 15.8. The molecule has 1 aromatic carbocycles. The highest BCUT2D eigenvalue weighted by molar-refractivity contribution is 14.1. The minimum absolute atomic E-state index is 0.140. The summed E-state index contributed by atoms with van der Waals surface area (Å²) in [6.45, 7) is 10.9. The summed E-state index contributed by atoms with van der Waals surface area (Å²) in [6, 6.07) is 3.68. The Bertz CT molecular complexity index is 719. The van der Waals surface area contributed by atoms with Gasteiger partial charge in [0.2, 0.25) is 0 Å². The second-order valence-corrected chi connectivity index (χ2v) is 8.87. The molecule has 1 unspecified atom stereocenters. The third-order valence-corrected chi connectivity index (χ3v) is 6.34. The van der Waals surface area contributed by atoms with Gasteiger partial charge in [0.15, 0.2) is 0 Å². The standard InChI is InChI=1S/C16H19ClFIN2/c1-8(17)13-20-11-7-10(19)9(18)6-12(11)21(13)14-15(2,3)16(14,4)5/h6-8,14H,1-5H3. The van der Waals surface area contributed by atoms with Crippen molar-refractivity contribution in [3.8, 4) is 0 Å². The fourth-order valence-electron chi connectivity index (χ4n) is 3.47. The predicted molar refractivity (Wildman–Crippen MR) is 93.3 cm³/mol. The number of halogens is 3. The molecule has 1 fully saturated rings. The molecule has 0 amide bonds. The number of rotatable bonds is 2. The number of aromatic nitrogens is 2. The summed E-state index contributed by atoms with van der Waals surface area (Å²) in [4.78, 5) is 4.67. The smallest absolute Gasteiger partial charge is 0.138 e. The first kappa shape index (κ1) is 15.5. The zero-order chi connectivity index (χ0) is 15.7. The number of hydrogen-bond acceptors (Lipinski definition) is 1. The van der Waals surface area contributed by atoms with Crippen LogP contribution in [0.25, 0.3) is 11.0 Å². The van der Waals surface area contributed by atoms with E-state index in [1.807, 2.05) is 29.5 Å². The Kier molecular flexibility index (Phi) is 3.38. The molecule has 0 bridgehead atoms. The van der Waals surface area contributed by atoms with E-state index in [-0.39, 0.29) is 28.1 Å². The van der Waals surface area contributed by atoms with Crippen LogP contribution >= 0.6 is 34.2 Å². The van der Waals surface area contributed by atoms with Crippen LogP contribution in [-0.2, 0) is 0 Å². The maximum Gasteiger partial charge on any atom is 0.138 e. The van der Waals surface area contributed by atoms with E-state index in [0.717, 1.165) is 16.9 Å². The zero-order valence-electron chi connectivity index (χ0n) is 12.8. The number of hydrogen-bond donors (Lipinski definition) is 0. The maximum absolute atomic E-state index is 14.0. The van der Waals surface area contributed by atoms with Gasteiger partial charge in [-0.3, -0.25) is 0 Å². The van der Waals surface area contributed by atoms with Crippen molar-refractivity contribution in [2.45, 2.75) is 46.0 Å². The Morgan fingerprint density at radius 3 is 2.33 bits per heavy atom. The molecule has 1 aliphatic rings. The topological polar surface area (TPSA) is 17.8 Å². The molecule has 0 aliphatic heterocycles. The predicted octanol–water partition coefficient (Wildman–Crippen LogP) is 5.69. The Labute approximate surface area is 143 Å². The molecule has 21 heavy (non-hydrogen) atoms. The fourth-order valence-corrected chi connectivity index (χ4v) is 4.07. The molecule has 114 valence electrons. The van der Waals surface area contributed by atoms with Gasteiger partial charge >= 0.3 is 0 Å². The summed E-state index contributed by atoms with van der Waals surface area (Å²) in [6.07, 6.45) is 0. The van der Waals surface area contributed by atoms with Gasteiger partial charge < -0.3 is 4.57 Å². The lowest BCUT2D eigenvalue weighted by Gasteiger charge is -2.13. The van der Waals surface area contributed by atoms with E-state index in [0.29, 0.717) is 3.57 Å². The SMILES string of the molecule is CC(Cl)c1nc2cc(I)c(F)cc2n1C1C(C)(C)C1(C)C. The second-order valence-electron chi connectivity index (χ2n) is 7.06. The highest BCUT2D eigenvalue weighted by Crippen LogP contribution is 2.72. The van der Waals surface area contributed by atoms with Crippen LogP contribution in [0.5, 0.6) is 0 Å². The minimum Gasteiger partial charge on any atom is -0.322 e. The van der Waals surface area contributed by atoms with E-state index in [2.05, 4.69) is 37.2 Å². The van der Waals surface area contributed by atoms with Crippen LogP contribution in [-0.4, -0.2) is 9.55 Å². The molecule has 1 atom stereocenters. The summed E-state index contributed by atoms with van der Waals surface area (Å²) in [5, 5.41) is -0.203. The van der Waals surface area contributed by atoms with Crippen molar-refractivity contribution in [1.82, 2.24) is 9.55 Å². The molecule has 0 saturated heterocycles. The second kappa shape index (κ2) is 4.57. The lowest BCUT2D eigenvalue weighted by Crippen LogP contribution is -2.07. The lowest BCUT2D eigenvalue weighted by molar-refractivity contribution is 0.457. The van der Waals surface area contributed by atoms with Gasteiger partial charge in [-0.2, -0.15) is 0 Å². The molecular weight excluding hydrogens is 402 g/mol. The van der Waals surface area contributed by atoms with Gasteiger partial charge in [0.05, 0.1) is 20.0 Å². The van der Waals surface area contributed by atoms with Crippen LogP contribution in [0.1, 0.15) is 51.9 Å². The van der Waals surface area contributed by atoms with Crippen molar-refractivity contribution >= 4 is 45.2 Å². The molecular formula is C16H19ClFIN2. The molecule has 2 aromatic rings. The summed E-state index contributed by atoms with van der Waals surface area (Å²) >= 11 is 8.34. The highest BCUT2D eigenvalue weighted by atomic mass is 127. The van der Waals surface area contributed by atoms with E-state index < -0.39 is 0 Å². The first-order chi connectivity index (χ1) is 9.59. The highest BCUT2D eigenvalue weighted by Gasteiger charge is 2.66. The number of imidazole rings is 1. The molecule has 1 aromatic heterocycles. The van der Waals surface area contributed by atoms with E-state index in [1.165, 1.54) is 0 Å². The Balaban J connectivity index is 2.30. The molecule has 0 radical (unpaired) electrons. The van der Waals surface area contributed by atoms with Crippen LogP contribution in [0.4, 0.5) is 4.39 Å². The van der Waals surface area contributed by atoms with Crippen molar-refractivity contribution in [3.05, 3.63) is 27.3 Å². The quantitative estimate of drug-likeness (QED) is 0.451. The summed E-state index contributed by atoms with van der Waals surface area (Å²) < 4.78 is 16.8. The third kappa shape index (κ3) is 2.05. The Morgan fingerprint density at radius 1 is 1.29 bits per heavy atom. The maximum atomic E-state index is 14.0. The van der Waals surface area contributed by atoms with Crippen LogP contribution in [0.15, 0.2) is 12.1 Å². The Hall–Kier alpha value is -0.360. The molecule has 0 spiro atoms. The van der Waals surface area contributed by atoms with E-state index in [9.17, 15) is 4.39 Å². The van der Waals surface area contributed by atoms with E-state index in [4.69, 9.17) is 11.6 Å². The Morgan fingerprint density at radius 2 is 1.86 bits per heavy atom. The lowest BCUT2D eigenvalue weighted by atomic mass is 10.0. The van der Waals surface area contributed by atoms with Crippen molar-refractivity contribution in [3.63, 3.8) is 0 Å². The number of fused-ring (bicyclic) bond motifs is 1. The van der Waals surface area contributed by atoms with Crippen molar-refractivity contribution in [1.29, 1.82) is 0 Å². The van der Waals surface area contributed by atoms with Gasteiger partial charge in [0.1, 0.15) is 11.6 Å². The molecule has 1 aliphatic carbocycles. The number of nitrogens with zero attached hydrogens (tertiary/aromatic N) is 2. The first-order valence-corrected chi connectivity index (χ1v) is 8.61. The summed E-state index contributed by atoms with van der Waals surface area (Å²) in [7, 11) is 0. The fraction of sp³-hybridized carbons (Fsp3) is 0.562. The van der Waals surface area contributed by atoms with E-state index >= 15 is 0 Å². The summed E-state index contributed by atoms with van der Waals surface area (Å²) in [5.41, 5.74) is 1.95. The minimum atomic E-state index is -0.203. The third-order valence-electron chi connectivity index (χ3n) is 5.32. The van der Waals surface area contributed by atoms with Gasteiger partial charge in [-0.25, -0.2) is 9.37 Å². The van der Waals surface area contributed by atoms with Crippen LogP contribution in [0.3, 0.4) is 0 Å². The van der Waals surface area contributed by atoms with Crippen molar-refractivity contribution in [2.24, 2.45) is 10.8 Å². The van der Waals surface area contributed by atoms with Crippen LogP contribution in [0, 0.1) is 20.2 Å². The average Bonchev–Trinajstić information content (AvgIpc) is 2.66. The van der Waals surface area contributed by atoms with Gasteiger partial charge in [0.25, 0.3) is 0 Å². The largest absolute Gasteiger partial charge is 0.322 e. The first-order valence-electron chi connectivity index (χ1n) is 7.10. The average molecular weight is 421 g/mol. The van der Waals surface area contributed by atoms with Crippen LogP contribution in [0.2, 0.25) is 0 Å². The monoisotopic (exact) mass is 420 g/mol. The molecule has 5 heteroatoms. The van der Waals surface area contributed by atoms with Gasteiger partial charge in [-0.1, -0.05) is 27.7 Å².